The summed E-state index contributed by atoms with van der Waals surface area (Å²) < 4.78 is 5.55. The number of carbonyl (C=O) groups is 3. The fraction of sp³-hybridized carbons (Fsp3) is 0.591. The summed E-state index contributed by atoms with van der Waals surface area (Å²) in [6, 6.07) is 6.35. The van der Waals surface area contributed by atoms with Gasteiger partial charge in [0, 0.05) is 12.0 Å². The number of nitrogens with one attached hydrogen (secondary N) is 2. The molecule has 1 aliphatic heterocycles. The average molecular weight is 402 g/mol. The third kappa shape index (κ3) is 4.71. The van der Waals surface area contributed by atoms with Crippen molar-refractivity contribution >= 4 is 23.4 Å². The molecular weight excluding hydrogens is 370 g/mol. The molecule has 1 saturated carbocycles. The number of anilines is 1. The summed E-state index contributed by atoms with van der Waals surface area (Å²) in [5, 5.41) is 5.90. The highest BCUT2D eigenvalue weighted by Crippen LogP contribution is 2.31. The van der Waals surface area contributed by atoms with Crippen molar-refractivity contribution in [3.05, 3.63) is 24.3 Å². The molecule has 3 amide bonds. The van der Waals surface area contributed by atoms with Gasteiger partial charge < -0.3 is 20.3 Å². The molecule has 2 N–H and O–H groups in total. The van der Waals surface area contributed by atoms with Crippen LogP contribution in [0.15, 0.2) is 24.3 Å². The molecular formula is C22H31N3O4. The van der Waals surface area contributed by atoms with E-state index in [9.17, 15) is 14.4 Å². The number of hydrogen-bond acceptors (Lipinski definition) is 4. The number of fused-ring (bicyclic) bond motifs is 1. The van der Waals surface area contributed by atoms with Gasteiger partial charge in [-0.1, -0.05) is 38.8 Å². The zero-order valence-electron chi connectivity index (χ0n) is 17.4. The van der Waals surface area contributed by atoms with Crippen LogP contribution in [0.2, 0.25) is 0 Å². The van der Waals surface area contributed by atoms with E-state index >= 15 is 0 Å². The minimum absolute atomic E-state index is 0.0167. The maximum absolute atomic E-state index is 13.0. The zero-order valence-corrected chi connectivity index (χ0v) is 17.4. The Hall–Kier alpha value is -2.57. The van der Waals surface area contributed by atoms with Gasteiger partial charge in [-0.25, -0.2) is 0 Å². The number of ether oxygens (including phenoxy) is 1. The first kappa shape index (κ1) is 21.1. The van der Waals surface area contributed by atoms with E-state index < -0.39 is 6.04 Å². The molecule has 1 heterocycles. The van der Waals surface area contributed by atoms with Crippen LogP contribution in [0.25, 0.3) is 0 Å². The summed E-state index contributed by atoms with van der Waals surface area (Å²) in [6.45, 7) is 6.03. The van der Waals surface area contributed by atoms with Gasteiger partial charge in [-0.15, -0.1) is 0 Å². The quantitative estimate of drug-likeness (QED) is 0.767. The lowest BCUT2D eigenvalue weighted by atomic mass is 9.84. The average Bonchev–Trinajstić information content (AvgIpc) is 2.69. The lowest BCUT2D eigenvalue weighted by Gasteiger charge is -2.48. The summed E-state index contributed by atoms with van der Waals surface area (Å²) in [7, 11) is 0. The number of para-hydroxylation sites is 2. The molecule has 3 atom stereocenters. The molecule has 1 saturated heterocycles. The van der Waals surface area contributed by atoms with E-state index in [0.29, 0.717) is 18.0 Å². The molecule has 0 spiro atoms. The first-order chi connectivity index (χ1) is 13.9. The summed E-state index contributed by atoms with van der Waals surface area (Å²) in [5.74, 6) is -0.264. The first-order valence-corrected chi connectivity index (χ1v) is 10.6. The van der Waals surface area contributed by atoms with Gasteiger partial charge >= 0.3 is 0 Å². The minimum atomic E-state index is -0.788. The normalized spacial score (nSPS) is 23.9. The van der Waals surface area contributed by atoms with E-state index in [-0.39, 0.29) is 42.1 Å². The Morgan fingerprint density at radius 1 is 1.24 bits per heavy atom. The van der Waals surface area contributed by atoms with Crippen LogP contribution in [0.3, 0.4) is 0 Å². The van der Waals surface area contributed by atoms with Gasteiger partial charge in [0.15, 0.2) is 0 Å². The molecule has 0 aromatic heterocycles. The molecule has 3 rings (SSSR count). The van der Waals surface area contributed by atoms with Crippen molar-refractivity contribution < 1.29 is 19.1 Å². The standard InChI is InChI=1S/C22H31N3O4/c1-4-29-19-12-8-6-10-16(19)23-20(26)13-18-21(27)24-15-9-5-7-11-17(15)25(18)22(28)14(2)3/h6,8,10,12,14-15,17-18H,4-5,7,9,11,13H2,1-3H3,(H,23,26)(H,24,27)/t15-,17+,18+/m0/s1. The van der Waals surface area contributed by atoms with Crippen molar-refractivity contribution in [2.45, 2.75) is 71.0 Å². The zero-order chi connectivity index (χ0) is 21.0. The maximum atomic E-state index is 13.0. The van der Waals surface area contributed by atoms with E-state index in [4.69, 9.17) is 4.74 Å². The smallest absolute Gasteiger partial charge is 0.243 e. The minimum Gasteiger partial charge on any atom is -0.492 e. The number of hydrogen-bond donors (Lipinski definition) is 2. The van der Waals surface area contributed by atoms with Gasteiger partial charge in [-0.2, -0.15) is 0 Å². The number of amides is 3. The molecule has 2 fully saturated rings. The van der Waals surface area contributed by atoms with Crippen LogP contribution in [-0.4, -0.2) is 47.4 Å². The highest BCUT2D eigenvalue weighted by atomic mass is 16.5. The number of benzene rings is 1. The third-order valence-electron chi connectivity index (χ3n) is 5.64. The lowest BCUT2D eigenvalue weighted by Crippen LogP contribution is -2.68. The van der Waals surface area contributed by atoms with Crippen LogP contribution in [0.5, 0.6) is 5.75 Å². The Bertz CT molecular complexity index is 764. The SMILES string of the molecule is CCOc1ccccc1NC(=O)C[C@@H]1C(=O)N[C@H]2CCCC[C@H]2N1C(=O)C(C)C. The van der Waals surface area contributed by atoms with E-state index in [1.165, 1.54) is 0 Å². The van der Waals surface area contributed by atoms with Crippen LogP contribution >= 0.6 is 0 Å². The molecule has 0 bridgehead atoms. The van der Waals surface area contributed by atoms with Crippen LogP contribution in [-0.2, 0) is 14.4 Å². The number of rotatable bonds is 6. The van der Waals surface area contributed by atoms with Crippen molar-refractivity contribution in [2.75, 3.05) is 11.9 Å². The van der Waals surface area contributed by atoms with Crippen molar-refractivity contribution in [3.8, 4) is 5.75 Å². The number of nitrogens with zero attached hydrogens (tertiary/aromatic N) is 1. The van der Waals surface area contributed by atoms with Crippen molar-refractivity contribution in [1.29, 1.82) is 0 Å². The van der Waals surface area contributed by atoms with Crippen molar-refractivity contribution in [1.82, 2.24) is 10.2 Å². The predicted octanol–water partition coefficient (Wildman–Crippen LogP) is 2.71. The Morgan fingerprint density at radius 3 is 2.69 bits per heavy atom. The van der Waals surface area contributed by atoms with Crippen LogP contribution in [0.4, 0.5) is 5.69 Å². The molecule has 2 aliphatic rings. The number of piperazine rings is 1. The van der Waals surface area contributed by atoms with Gasteiger partial charge in [0.05, 0.1) is 24.8 Å². The molecule has 1 aliphatic carbocycles. The molecule has 7 heteroatoms. The molecule has 29 heavy (non-hydrogen) atoms. The Morgan fingerprint density at radius 2 is 1.97 bits per heavy atom. The monoisotopic (exact) mass is 401 g/mol. The van der Waals surface area contributed by atoms with Crippen LogP contribution in [0, 0.1) is 5.92 Å². The van der Waals surface area contributed by atoms with Crippen molar-refractivity contribution in [3.63, 3.8) is 0 Å². The number of carbonyl (C=O) groups excluding carboxylic acids is 3. The molecule has 158 valence electrons. The molecule has 0 radical (unpaired) electrons. The van der Waals surface area contributed by atoms with Crippen molar-refractivity contribution in [2.24, 2.45) is 5.92 Å². The second kappa shape index (κ2) is 9.29. The van der Waals surface area contributed by atoms with Crippen LogP contribution < -0.4 is 15.4 Å². The summed E-state index contributed by atoms with van der Waals surface area (Å²) in [4.78, 5) is 40.3. The van der Waals surface area contributed by atoms with Gasteiger partial charge in [0.2, 0.25) is 17.7 Å². The van der Waals surface area contributed by atoms with Gasteiger partial charge in [0.1, 0.15) is 11.8 Å². The van der Waals surface area contributed by atoms with E-state index in [1.54, 1.807) is 17.0 Å². The van der Waals surface area contributed by atoms with Crippen LogP contribution in [0.1, 0.15) is 52.9 Å². The molecule has 0 unspecified atom stereocenters. The maximum Gasteiger partial charge on any atom is 0.243 e. The summed E-state index contributed by atoms with van der Waals surface area (Å²) >= 11 is 0. The third-order valence-corrected chi connectivity index (χ3v) is 5.64. The highest BCUT2D eigenvalue weighted by Gasteiger charge is 2.46. The highest BCUT2D eigenvalue weighted by molar-refractivity contribution is 5.98. The predicted molar refractivity (Wildman–Crippen MR) is 111 cm³/mol. The van der Waals surface area contributed by atoms with Gasteiger partial charge in [-0.3, -0.25) is 14.4 Å². The largest absolute Gasteiger partial charge is 0.492 e. The Kier molecular flexibility index (Phi) is 6.77. The Balaban J connectivity index is 1.78. The molecule has 1 aromatic rings. The fourth-order valence-corrected chi connectivity index (χ4v) is 4.28. The fourth-order valence-electron chi connectivity index (χ4n) is 4.28. The van der Waals surface area contributed by atoms with E-state index in [1.807, 2.05) is 32.9 Å². The molecule has 1 aromatic carbocycles. The van der Waals surface area contributed by atoms with E-state index in [0.717, 1.165) is 25.7 Å². The first-order valence-electron chi connectivity index (χ1n) is 10.6. The van der Waals surface area contributed by atoms with Gasteiger partial charge in [0.25, 0.3) is 0 Å². The van der Waals surface area contributed by atoms with E-state index in [2.05, 4.69) is 10.6 Å². The Labute approximate surface area is 172 Å². The topological polar surface area (TPSA) is 87.7 Å². The van der Waals surface area contributed by atoms with Gasteiger partial charge in [-0.05, 0) is 31.9 Å². The second-order valence-electron chi connectivity index (χ2n) is 8.06. The summed E-state index contributed by atoms with van der Waals surface area (Å²) in [5.41, 5.74) is 0.563. The second-order valence-corrected chi connectivity index (χ2v) is 8.06. The lowest BCUT2D eigenvalue weighted by molar-refractivity contribution is -0.154. The molecule has 7 nitrogen and oxygen atoms in total. The summed E-state index contributed by atoms with van der Waals surface area (Å²) in [6.07, 6.45) is 3.73.